The number of fused-ring (bicyclic) bond motifs is 1. The van der Waals surface area contributed by atoms with E-state index in [1.807, 2.05) is 28.9 Å². The predicted molar refractivity (Wildman–Crippen MR) is 78.7 cm³/mol. The van der Waals surface area contributed by atoms with Crippen LogP contribution in [0, 0.1) is 0 Å². The molecule has 1 fully saturated rings. The van der Waals surface area contributed by atoms with Crippen molar-refractivity contribution in [2.24, 2.45) is 0 Å². The Morgan fingerprint density at radius 1 is 1.38 bits per heavy atom. The maximum absolute atomic E-state index is 11.8. The van der Waals surface area contributed by atoms with E-state index in [4.69, 9.17) is 10.7 Å². The molecule has 6 nitrogen and oxygen atoms in total. The van der Waals surface area contributed by atoms with Gasteiger partial charge in [0.1, 0.15) is 10.9 Å². The van der Waals surface area contributed by atoms with E-state index in [1.165, 1.54) is 0 Å². The van der Waals surface area contributed by atoms with Crippen molar-refractivity contribution in [3.05, 3.63) is 36.3 Å². The van der Waals surface area contributed by atoms with E-state index in [9.17, 15) is 13.2 Å². The third-order valence-corrected chi connectivity index (χ3v) is 5.57. The van der Waals surface area contributed by atoms with Gasteiger partial charge in [-0.1, -0.05) is 6.07 Å². The van der Waals surface area contributed by atoms with Crippen LogP contribution in [-0.4, -0.2) is 46.9 Å². The molecule has 3 heterocycles. The molecule has 112 valence electrons. The van der Waals surface area contributed by atoms with Crippen molar-refractivity contribution in [3.63, 3.8) is 0 Å². The standard InChI is InChI=1S/C13H14ClN3O3S/c14-21(19,20)11-7-13(18)17(9-11)5-3-10-1-2-12-15-4-6-16(12)8-10/h1-2,4,6,8,11H,3,5,7,9H2. The van der Waals surface area contributed by atoms with Crippen molar-refractivity contribution < 1.29 is 13.2 Å². The molecule has 0 radical (unpaired) electrons. The highest BCUT2D eigenvalue weighted by Crippen LogP contribution is 2.21. The van der Waals surface area contributed by atoms with Gasteiger partial charge in [-0.25, -0.2) is 13.4 Å². The highest BCUT2D eigenvalue weighted by molar-refractivity contribution is 8.14. The molecule has 2 aromatic heterocycles. The van der Waals surface area contributed by atoms with Crippen molar-refractivity contribution in [2.45, 2.75) is 18.1 Å². The lowest BCUT2D eigenvalue weighted by Gasteiger charge is -2.16. The van der Waals surface area contributed by atoms with Crippen LogP contribution in [0.2, 0.25) is 0 Å². The molecule has 0 N–H and O–H groups in total. The van der Waals surface area contributed by atoms with Gasteiger partial charge in [-0.3, -0.25) is 4.79 Å². The molecule has 3 rings (SSSR count). The summed E-state index contributed by atoms with van der Waals surface area (Å²) in [5.74, 6) is -0.159. The molecule has 0 bridgehead atoms. The molecule has 8 heteroatoms. The Labute approximate surface area is 126 Å². The Morgan fingerprint density at radius 2 is 2.19 bits per heavy atom. The lowest BCUT2D eigenvalue weighted by Crippen LogP contribution is -2.29. The SMILES string of the molecule is O=C1CC(S(=O)(=O)Cl)CN1CCc1ccc2nccn2c1. The number of nitrogens with zero attached hydrogens (tertiary/aromatic N) is 3. The summed E-state index contributed by atoms with van der Waals surface area (Å²) in [7, 11) is 1.65. The van der Waals surface area contributed by atoms with E-state index in [-0.39, 0.29) is 18.9 Å². The van der Waals surface area contributed by atoms with Crippen molar-refractivity contribution in [3.8, 4) is 0 Å². The zero-order valence-electron chi connectivity index (χ0n) is 11.1. The quantitative estimate of drug-likeness (QED) is 0.787. The van der Waals surface area contributed by atoms with E-state index < -0.39 is 14.3 Å². The molecule has 1 unspecified atom stereocenters. The molecule has 1 saturated heterocycles. The minimum atomic E-state index is -3.68. The monoisotopic (exact) mass is 327 g/mol. The first-order chi connectivity index (χ1) is 9.93. The van der Waals surface area contributed by atoms with Gasteiger partial charge in [-0.2, -0.15) is 0 Å². The summed E-state index contributed by atoms with van der Waals surface area (Å²) >= 11 is 0. The van der Waals surface area contributed by atoms with Gasteiger partial charge in [0.2, 0.25) is 15.0 Å². The van der Waals surface area contributed by atoms with Gasteiger partial charge >= 0.3 is 0 Å². The molecule has 21 heavy (non-hydrogen) atoms. The van der Waals surface area contributed by atoms with Gasteiger partial charge in [0.05, 0.1) is 0 Å². The maximum Gasteiger partial charge on any atom is 0.237 e. The molecule has 0 aromatic carbocycles. The first-order valence-electron chi connectivity index (χ1n) is 6.56. The number of hydrogen-bond donors (Lipinski definition) is 0. The molecule has 0 aliphatic carbocycles. The van der Waals surface area contributed by atoms with Crippen LogP contribution in [-0.2, 0) is 20.3 Å². The highest BCUT2D eigenvalue weighted by atomic mass is 35.7. The van der Waals surface area contributed by atoms with Gasteiger partial charge < -0.3 is 9.30 Å². The normalized spacial score (nSPS) is 19.6. The Kier molecular flexibility index (Phi) is 3.62. The number of carbonyl (C=O) groups excluding carboxylic acids is 1. The fourth-order valence-corrected chi connectivity index (χ4v) is 3.58. The first-order valence-corrected chi connectivity index (χ1v) is 8.93. The van der Waals surface area contributed by atoms with E-state index in [0.717, 1.165) is 11.2 Å². The van der Waals surface area contributed by atoms with E-state index in [0.29, 0.717) is 13.0 Å². The fourth-order valence-electron chi connectivity index (χ4n) is 2.52. The zero-order chi connectivity index (χ0) is 15.0. The second-order valence-electron chi connectivity index (χ2n) is 5.12. The number of hydrogen-bond acceptors (Lipinski definition) is 4. The summed E-state index contributed by atoms with van der Waals surface area (Å²) in [6, 6.07) is 3.87. The number of halogens is 1. The molecule has 2 aromatic rings. The van der Waals surface area contributed by atoms with Crippen LogP contribution < -0.4 is 0 Å². The summed E-state index contributed by atoms with van der Waals surface area (Å²) in [5, 5.41) is -0.789. The maximum atomic E-state index is 11.8. The number of aromatic nitrogens is 2. The summed E-state index contributed by atoms with van der Waals surface area (Å²) in [6.07, 6.45) is 6.18. The van der Waals surface area contributed by atoms with Crippen molar-refractivity contribution >= 4 is 31.3 Å². The van der Waals surface area contributed by atoms with Crippen molar-refractivity contribution in [2.75, 3.05) is 13.1 Å². The summed E-state index contributed by atoms with van der Waals surface area (Å²) in [5.41, 5.74) is 1.93. The lowest BCUT2D eigenvalue weighted by molar-refractivity contribution is -0.127. The average Bonchev–Trinajstić information content (AvgIpc) is 3.01. The van der Waals surface area contributed by atoms with Gasteiger partial charge in [0.25, 0.3) is 0 Å². The number of rotatable bonds is 4. The molecule has 0 saturated carbocycles. The number of imidazole rings is 1. The molecular formula is C13H14ClN3O3S. The van der Waals surface area contributed by atoms with E-state index >= 15 is 0 Å². The molecule has 1 aliphatic heterocycles. The Morgan fingerprint density at radius 3 is 2.90 bits per heavy atom. The Hall–Kier alpha value is -1.60. The van der Waals surface area contributed by atoms with Crippen LogP contribution in [0.1, 0.15) is 12.0 Å². The lowest BCUT2D eigenvalue weighted by atomic mass is 10.2. The minimum Gasteiger partial charge on any atom is -0.341 e. The van der Waals surface area contributed by atoms with Crippen LogP contribution in [0.4, 0.5) is 0 Å². The average molecular weight is 328 g/mol. The van der Waals surface area contributed by atoms with Crippen LogP contribution in [0.15, 0.2) is 30.7 Å². The smallest absolute Gasteiger partial charge is 0.237 e. The van der Waals surface area contributed by atoms with Crippen LogP contribution in [0.25, 0.3) is 5.65 Å². The Bertz CT molecular complexity index is 787. The summed E-state index contributed by atoms with van der Waals surface area (Å²) < 4.78 is 24.5. The van der Waals surface area contributed by atoms with E-state index in [2.05, 4.69) is 4.98 Å². The van der Waals surface area contributed by atoms with Gasteiger partial charge in [-0.05, 0) is 18.1 Å². The molecular weight excluding hydrogens is 314 g/mol. The van der Waals surface area contributed by atoms with Gasteiger partial charge in [-0.15, -0.1) is 0 Å². The van der Waals surface area contributed by atoms with Crippen molar-refractivity contribution in [1.82, 2.24) is 14.3 Å². The van der Waals surface area contributed by atoms with Crippen LogP contribution >= 0.6 is 10.7 Å². The predicted octanol–water partition coefficient (Wildman–Crippen LogP) is 1.05. The third-order valence-electron chi connectivity index (χ3n) is 3.70. The van der Waals surface area contributed by atoms with Crippen molar-refractivity contribution in [1.29, 1.82) is 0 Å². The number of amides is 1. The third kappa shape index (κ3) is 3.03. The number of likely N-dealkylation sites (tertiary alicyclic amines) is 1. The molecule has 0 spiro atoms. The summed E-state index contributed by atoms with van der Waals surface area (Å²) in [4.78, 5) is 17.5. The number of carbonyl (C=O) groups is 1. The summed E-state index contributed by atoms with van der Waals surface area (Å²) in [6.45, 7) is 0.667. The van der Waals surface area contributed by atoms with Gasteiger partial charge in [0, 0.05) is 48.8 Å². The van der Waals surface area contributed by atoms with E-state index in [1.54, 1.807) is 11.1 Å². The molecule has 1 aliphatic rings. The molecule has 1 amide bonds. The van der Waals surface area contributed by atoms with Crippen LogP contribution in [0.5, 0.6) is 0 Å². The number of pyridine rings is 1. The zero-order valence-corrected chi connectivity index (χ0v) is 12.7. The largest absolute Gasteiger partial charge is 0.341 e. The van der Waals surface area contributed by atoms with Gasteiger partial charge in [0.15, 0.2) is 0 Å². The second-order valence-corrected chi connectivity index (χ2v) is 8.03. The fraction of sp³-hybridized carbons (Fsp3) is 0.385. The first kappa shape index (κ1) is 14.3. The highest BCUT2D eigenvalue weighted by Gasteiger charge is 2.36. The second kappa shape index (κ2) is 5.31. The van der Waals surface area contributed by atoms with Crippen LogP contribution in [0.3, 0.4) is 0 Å². The Balaban J connectivity index is 1.66. The molecule has 1 atom stereocenters. The minimum absolute atomic E-state index is 0.0214. The topological polar surface area (TPSA) is 71.8 Å².